The number of benzene rings is 3. The van der Waals surface area contributed by atoms with Crippen LogP contribution in [0.2, 0.25) is 0 Å². The maximum Gasteiger partial charge on any atom is 0.308 e. The predicted molar refractivity (Wildman–Crippen MR) is 164 cm³/mol. The van der Waals surface area contributed by atoms with Crippen LogP contribution < -0.4 is 5.32 Å². The van der Waals surface area contributed by atoms with Crippen molar-refractivity contribution in [3.8, 4) is 11.1 Å². The summed E-state index contributed by atoms with van der Waals surface area (Å²) in [6.07, 6.45) is 4.62. The average Bonchev–Trinajstić information content (AvgIpc) is 3.42. The second-order valence-corrected chi connectivity index (χ2v) is 12.2. The van der Waals surface area contributed by atoms with Gasteiger partial charge in [0.25, 0.3) is 0 Å². The van der Waals surface area contributed by atoms with Gasteiger partial charge in [-0.15, -0.1) is 0 Å². The lowest BCUT2D eigenvalue weighted by molar-refractivity contribution is -0.155. The highest BCUT2D eigenvalue weighted by Gasteiger charge is 2.42. The van der Waals surface area contributed by atoms with E-state index in [1.165, 1.54) is 0 Å². The molecule has 0 bridgehead atoms. The number of carbonyl (C=O) groups is 2. The number of ether oxygens (including phenoxy) is 2. The van der Waals surface area contributed by atoms with Gasteiger partial charge in [-0.2, -0.15) is 0 Å². The van der Waals surface area contributed by atoms with Crippen LogP contribution in [0.5, 0.6) is 0 Å². The van der Waals surface area contributed by atoms with Crippen LogP contribution in [0.3, 0.4) is 0 Å². The van der Waals surface area contributed by atoms with Crippen molar-refractivity contribution in [1.29, 1.82) is 0 Å². The topological polar surface area (TPSA) is 64.6 Å². The van der Waals surface area contributed by atoms with Crippen LogP contribution in [0.25, 0.3) is 11.1 Å². The molecule has 1 fully saturated rings. The van der Waals surface area contributed by atoms with Gasteiger partial charge in [-0.25, -0.2) is 0 Å². The van der Waals surface area contributed by atoms with Crippen LogP contribution >= 0.6 is 0 Å². The van der Waals surface area contributed by atoms with Crippen molar-refractivity contribution < 1.29 is 19.1 Å². The first-order valence-corrected chi connectivity index (χ1v) is 14.6. The minimum absolute atomic E-state index is 0.0334. The molecule has 0 saturated heterocycles. The van der Waals surface area contributed by atoms with E-state index in [4.69, 9.17) is 9.47 Å². The Balaban J connectivity index is 1.46. The maximum atomic E-state index is 13.9. The molecule has 41 heavy (non-hydrogen) atoms. The molecule has 1 atom stereocenters. The zero-order chi connectivity index (χ0) is 29.3. The highest BCUT2D eigenvalue weighted by molar-refractivity contribution is 5.84. The van der Waals surface area contributed by atoms with Crippen molar-refractivity contribution in [2.45, 2.75) is 84.0 Å². The maximum absolute atomic E-state index is 13.9. The lowest BCUT2D eigenvalue weighted by atomic mass is 9.80. The summed E-state index contributed by atoms with van der Waals surface area (Å²) in [6, 6.07) is 28.1. The Bertz CT molecular complexity index is 1290. The molecule has 0 radical (unpaired) electrons. The summed E-state index contributed by atoms with van der Waals surface area (Å²) >= 11 is 0. The van der Waals surface area contributed by atoms with Crippen molar-refractivity contribution in [2.75, 3.05) is 0 Å². The first-order chi connectivity index (χ1) is 19.6. The summed E-state index contributed by atoms with van der Waals surface area (Å²) in [4.78, 5) is 26.8. The third-order valence-electron chi connectivity index (χ3n) is 7.58. The van der Waals surface area contributed by atoms with Crippen LogP contribution in [0.1, 0.15) is 70.4 Å². The van der Waals surface area contributed by atoms with Gasteiger partial charge in [0.05, 0.1) is 17.6 Å². The molecule has 0 aromatic heterocycles. The molecule has 1 unspecified atom stereocenters. The van der Waals surface area contributed by atoms with E-state index >= 15 is 0 Å². The van der Waals surface area contributed by atoms with E-state index in [1.54, 1.807) is 0 Å². The Morgan fingerprint density at radius 3 is 2.05 bits per heavy atom. The molecular weight excluding hydrogens is 510 g/mol. The van der Waals surface area contributed by atoms with Gasteiger partial charge in [0.15, 0.2) is 0 Å². The second-order valence-electron chi connectivity index (χ2n) is 12.2. The SMILES string of the molecule is C=C(CC1(C(=O)NC(CC(=O)OC(C)(C)C)Cc2ccc(-c3ccccc3)cc2)CCCC1)OCc1ccccc1. The number of hydrogen-bond acceptors (Lipinski definition) is 4. The van der Waals surface area contributed by atoms with Crippen molar-refractivity contribution >= 4 is 11.9 Å². The van der Waals surface area contributed by atoms with E-state index < -0.39 is 17.1 Å². The van der Waals surface area contributed by atoms with Gasteiger partial charge in [0.1, 0.15) is 12.2 Å². The molecule has 5 heteroatoms. The highest BCUT2D eigenvalue weighted by atomic mass is 16.6. The number of carbonyl (C=O) groups excluding carboxylic acids is 2. The normalized spacial score (nSPS) is 15.1. The van der Waals surface area contributed by atoms with E-state index in [0.717, 1.165) is 47.9 Å². The quantitative estimate of drug-likeness (QED) is 0.184. The molecule has 3 aromatic carbocycles. The molecule has 0 aliphatic heterocycles. The van der Waals surface area contributed by atoms with Crippen LogP contribution in [-0.2, 0) is 32.1 Å². The van der Waals surface area contributed by atoms with E-state index in [9.17, 15) is 9.59 Å². The standard InChI is InChI=1S/C36H43NO4/c1-27(40-26-29-13-7-5-8-14-29)25-36(21-11-12-22-36)34(39)37-32(24-33(38)41-35(2,3)4)23-28-17-19-31(20-18-28)30-15-9-6-10-16-30/h5-10,13-20,32H,1,11-12,21-26H2,2-4H3,(H,37,39). The molecule has 1 aliphatic carbocycles. The van der Waals surface area contributed by atoms with Crippen LogP contribution in [-0.4, -0.2) is 23.5 Å². The third kappa shape index (κ3) is 9.07. The molecule has 216 valence electrons. The van der Waals surface area contributed by atoms with Gasteiger partial charge in [0, 0.05) is 12.5 Å². The van der Waals surface area contributed by atoms with E-state index in [-0.39, 0.29) is 18.3 Å². The molecular formula is C36H43NO4. The fourth-order valence-electron chi connectivity index (χ4n) is 5.57. The number of amides is 1. The summed E-state index contributed by atoms with van der Waals surface area (Å²) in [6.45, 7) is 10.2. The summed E-state index contributed by atoms with van der Waals surface area (Å²) in [5, 5.41) is 3.25. The monoisotopic (exact) mass is 553 g/mol. The average molecular weight is 554 g/mol. The minimum atomic E-state index is -0.594. The predicted octanol–water partition coefficient (Wildman–Crippen LogP) is 7.79. The smallest absolute Gasteiger partial charge is 0.308 e. The van der Waals surface area contributed by atoms with E-state index in [1.807, 2.05) is 69.3 Å². The first kappa shape index (κ1) is 30.1. The number of esters is 1. The summed E-state index contributed by atoms with van der Waals surface area (Å²) in [5.41, 5.74) is 3.21. The Hall–Kier alpha value is -3.86. The highest BCUT2D eigenvalue weighted by Crippen LogP contribution is 2.43. The molecule has 1 N–H and O–H groups in total. The van der Waals surface area contributed by atoms with Gasteiger partial charge >= 0.3 is 5.97 Å². The Morgan fingerprint density at radius 1 is 0.854 bits per heavy atom. The molecule has 3 aromatic rings. The Morgan fingerprint density at radius 2 is 1.44 bits per heavy atom. The first-order valence-electron chi connectivity index (χ1n) is 14.6. The molecule has 5 nitrogen and oxygen atoms in total. The number of hydrogen-bond donors (Lipinski definition) is 1. The van der Waals surface area contributed by atoms with Gasteiger partial charge in [-0.05, 0) is 62.3 Å². The van der Waals surface area contributed by atoms with Gasteiger partial charge in [0.2, 0.25) is 5.91 Å². The molecule has 1 aliphatic rings. The number of nitrogens with one attached hydrogen (secondary N) is 1. The zero-order valence-electron chi connectivity index (χ0n) is 24.7. The summed E-state index contributed by atoms with van der Waals surface area (Å²) in [5.74, 6) is 0.264. The van der Waals surface area contributed by atoms with E-state index in [0.29, 0.717) is 25.2 Å². The lowest BCUT2D eigenvalue weighted by Gasteiger charge is -2.31. The van der Waals surface area contributed by atoms with Crippen molar-refractivity contribution in [2.24, 2.45) is 5.41 Å². The van der Waals surface area contributed by atoms with Crippen molar-refractivity contribution in [1.82, 2.24) is 5.32 Å². The molecule has 0 heterocycles. The number of allylic oxidation sites excluding steroid dienone is 1. The van der Waals surface area contributed by atoms with Gasteiger partial charge in [-0.3, -0.25) is 9.59 Å². The Kier molecular flexibility index (Phi) is 10.0. The minimum Gasteiger partial charge on any atom is -0.494 e. The van der Waals surface area contributed by atoms with Crippen molar-refractivity contribution in [3.63, 3.8) is 0 Å². The van der Waals surface area contributed by atoms with Crippen LogP contribution in [0.15, 0.2) is 97.3 Å². The third-order valence-corrected chi connectivity index (χ3v) is 7.58. The number of rotatable bonds is 12. The van der Waals surface area contributed by atoms with Crippen molar-refractivity contribution in [3.05, 3.63) is 108 Å². The Labute approximate surface area is 245 Å². The second kappa shape index (κ2) is 13.7. The van der Waals surface area contributed by atoms with Gasteiger partial charge in [-0.1, -0.05) is 104 Å². The fourth-order valence-corrected chi connectivity index (χ4v) is 5.57. The van der Waals surface area contributed by atoms with Gasteiger partial charge < -0.3 is 14.8 Å². The zero-order valence-corrected chi connectivity index (χ0v) is 24.7. The van der Waals surface area contributed by atoms with Crippen LogP contribution in [0, 0.1) is 5.41 Å². The summed E-state index contributed by atoms with van der Waals surface area (Å²) in [7, 11) is 0. The van der Waals surface area contributed by atoms with Crippen LogP contribution in [0.4, 0.5) is 0 Å². The molecule has 1 amide bonds. The summed E-state index contributed by atoms with van der Waals surface area (Å²) < 4.78 is 11.6. The lowest BCUT2D eigenvalue weighted by Crippen LogP contribution is -2.46. The molecule has 1 saturated carbocycles. The fraction of sp³-hybridized carbons (Fsp3) is 0.389. The largest absolute Gasteiger partial charge is 0.494 e. The van der Waals surface area contributed by atoms with E-state index in [2.05, 4.69) is 48.3 Å². The molecule has 0 spiro atoms. The molecule has 4 rings (SSSR count).